The second kappa shape index (κ2) is 8.73. The molecule has 0 N–H and O–H groups in total. The van der Waals surface area contributed by atoms with Gasteiger partial charge in [-0.25, -0.2) is 14.4 Å². The first-order valence-corrected chi connectivity index (χ1v) is 10.5. The van der Waals surface area contributed by atoms with Gasteiger partial charge in [-0.05, 0) is 37.3 Å². The molecule has 0 unspecified atom stereocenters. The third-order valence-electron chi connectivity index (χ3n) is 5.32. The number of hydrogen-bond acceptors (Lipinski definition) is 5. The van der Waals surface area contributed by atoms with Crippen LogP contribution in [-0.2, 0) is 4.74 Å². The first-order chi connectivity index (χ1) is 14.0. The third-order valence-corrected chi connectivity index (χ3v) is 5.81. The highest BCUT2D eigenvalue weighted by Crippen LogP contribution is 2.31. The van der Waals surface area contributed by atoms with Gasteiger partial charge in [0.05, 0.1) is 23.5 Å². The monoisotopic (exact) mass is 458 g/mol. The molecule has 4 rings (SSSR count). The van der Waals surface area contributed by atoms with Crippen LogP contribution in [0.4, 0.5) is 10.1 Å². The quantitative estimate of drug-likeness (QED) is 0.570. The van der Waals surface area contributed by atoms with E-state index in [0.717, 1.165) is 66.0 Å². The molecular weight excluding hydrogens is 435 g/mol. The number of fused-ring (bicyclic) bond motifs is 1. The summed E-state index contributed by atoms with van der Waals surface area (Å²) in [7, 11) is 1.72. The number of aromatic nitrogens is 2. The molecule has 29 heavy (non-hydrogen) atoms. The Kier molecular flexibility index (Phi) is 6.08. The molecule has 1 fully saturated rings. The van der Waals surface area contributed by atoms with Gasteiger partial charge in [-0.3, -0.25) is 4.90 Å². The molecule has 0 saturated carbocycles. The summed E-state index contributed by atoms with van der Waals surface area (Å²) in [6, 6.07) is 11.3. The molecular formula is C22H24BrFN4O. The Hall–Kier alpha value is -2.09. The zero-order valence-electron chi connectivity index (χ0n) is 16.7. The molecule has 7 heteroatoms. The van der Waals surface area contributed by atoms with Crippen molar-refractivity contribution in [3.63, 3.8) is 0 Å². The zero-order chi connectivity index (χ0) is 20.4. The number of piperazine rings is 1. The summed E-state index contributed by atoms with van der Waals surface area (Å²) in [6.07, 6.45) is 0. The fraction of sp³-hybridized carbons (Fsp3) is 0.364. The number of rotatable bonds is 5. The molecule has 1 aliphatic heterocycles. The molecule has 0 spiro atoms. The molecule has 1 saturated heterocycles. The van der Waals surface area contributed by atoms with Crippen LogP contribution < -0.4 is 4.90 Å². The van der Waals surface area contributed by atoms with Crippen molar-refractivity contribution in [2.75, 3.05) is 51.3 Å². The predicted molar refractivity (Wildman–Crippen MR) is 118 cm³/mol. The van der Waals surface area contributed by atoms with Crippen LogP contribution in [0.15, 0.2) is 40.9 Å². The van der Waals surface area contributed by atoms with Gasteiger partial charge in [-0.2, -0.15) is 0 Å². The van der Waals surface area contributed by atoms with Gasteiger partial charge in [-0.1, -0.05) is 22.0 Å². The fourth-order valence-corrected chi connectivity index (χ4v) is 4.14. The van der Waals surface area contributed by atoms with Crippen molar-refractivity contribution < 1.29 is 9.13 Å². The maximum absolute atomic E-state index is 15.1. The van der Waals surface area contributed by atoms with Crippen molar-refractivity contribution in [2.24, 2.45) is 0 Å². The average Bonchev–Trinajstić information content (AvgIpc) is 2.72. The first kappa shape index (κ1) is 20.2. The van der Waals surface area contributed by atoms with E-state index in [4.69, 9.17) is 4.74 Å². The van der Waals surface area contributed by atoms with E-state index in [2.05, 4.69) is 35.7 Å². The van der Waals surface area contributed by atoms with E-state index in [-0.39, 0.29) is 5.82 Å². The summed E-state index contributed by atoms with van der Waals surface area (Å²) in [6.45, 7) is 6.94. The number of anilines is 1. The van der Waals surface area contributed by atoms with Crippen LogP contribution in [0.1, 0.15) is 5.82 Å². The largest absolute Gasteiger partial charge is 0.383 e. The molecule has 1 aromatic heterocycles. The van der Waals surface area contributed by atoms with Crippen molar-refractivity contribution in [1.82, 2.24) is 14.9 Å². The number of nitrogens with zero attached hydrogens (tertiary/aromatic N) is 4. The van der Waals surface area contributed by atoms with Crippen LogP contribution in [0.5, 0.6) is 0 Å². The van der Waals surface area contributed by atoms with Gasteiger partial charge >= 0.3 is 0 Å². The predicted octanol–water partition coefficient (Wildman–Crippen LogP) is 4.28. The van der Waals surface area contributed by atoms with E-state index in [1.54, 1.807) is 13.2 Å². The normalized spacial score (nSPS) is 15.2. The molecule has 152 valence electrons. The van der Waals surface area contributed by atoms with E-state index in [0.29, 0.717) is 11.5 Å². The molecule has 1 aliphatic rings. The summed E-state index contributed by atoms with van der Waals surface area (Å²) in [4.78, 5) is 13.6. The Morgan fingerprint density at radius 3 is 2.59 bits per heavy atom. The minimum absolute atomic E-state index is 0.216. The van der Waals surface area contributed by atoms with Crippen molar-refractivity contribution in [3.05, 3.63) is 52.5 Å². The van der Waals surface area contributed by atoms with Gasteiger partial charge in [0.15, 0.2) is 0 Å². The van der Waals surface area contributed by atoms with Gasteiger partial charge < -0.3 is 9.64 Å². The molecule has 0 bridgehead atoms. The summed E-state index contributed by atoms with van der Waals surface area (Å²) in [5.41, 5.74) is 3.02. The Bertz CT molecular complexity index is 1020. The topological polar surface area (TPSA) is 41.5 Å². The summed E-state index contributed by atoms with van der Waals surface area (Å²) >= 11 is 3.51. The third kappa shape index (κ3) is 4.42. The van der Waals surface area contributed by atoms with Crippen LogP contribution in [0.25, 0.3) is 22.2 Å². The second-order valence-corrected chi connectivity index (χ2v) is 8.18. The lowest BCUT2D eigenvalue weighted by Crippen LogP contribution is -2.47. The highest BCUT2D eigenvalue weighted by molar-refractivity contribution is 9.10. The molecule has 0 atom stereocenters. The van der Waals surface area contributed by atoms with Crippen LogP contribution in [0, 0.1) is 12.7 Å². The maximum atomic E-state index is 15.1. The lowest BCUT2D eigenvalue weighted by molar-refractivity contribution is 0.144. The van der Waals surface area contributed by atoms with E-state index < -0.39 is 0 Å². The smallest absolute Gasteiger partial charge is 0.147 e. The molecule has 2 aromatic carbocycles. The van der Waals surface area contributed by atoms with E-state index in [1.165, 1.54) is 0 Å². The van der Waals surface area contributed by atoms with Crippen molar-refractivity contribution in [3.8, 4) is 11.3 Å². The van der Waals surface area contributed by atoms with Crippen LogP contribution in [0.3, 0.4) is 0 Å². The molecule has 0 aliphatic carbocycles. The Labute approximate surface area is 178 Å². The minimum atomic E-state index is -0.216. The van der Waals surface area contributed by atoms with Crippen LogP contribution in [-0.4, -0.2) is 61.3 Å². The van der Waals surface area contributed by atoms with Crippen molar-refractivity contribution >= 4 is 32.5 Å². The fourth-order valence-electron chi connectivity index (χ4n) is 3.78. The summed E-state index contributed by atoms with van der Waals surface area (Å²) < 4.78 is 21.2. The van der Waals surface area contributed by atoms with Gasteiger partial charge in [-0.15, -0.1) is 0 Å². The number of halogens is 2. The Morgan fingerprint density at radius 1 is 1.07 bits per heavy atom. The van der Waals surface area contributed by atoms with Crippen molar-refractivity contribution in [1.29, 1.82) is 0 Å². The number of ether oxygens (including phenoxy) is 1. The highest BCUT2D eigenvalue weighted by Gasteiger charge is 2.20. The number of aryl methyl sites for hydroxylation is 1. The molecule has 5 nitrogen and oxygen atoms in total. The summed E-state index contributed by atoms with van der Waals surface area (Å²) in [5.74, 6) is 0.457. The molecule has 0 amide bonds. The molecule has 2 heterocycles. The van der Waals surface area contributed by atoms with Gasteiger partial charge in [0.25, 0.3) is 0 Å². The van der Waals surface area contributed by atoms with Gasteiger partial charge in [0.1, 0.15) is 11.6 Å². The first-order valence-electron chi connectivity index (χ1n) is 9.75. The van der Waals surface area contributed by atoms with E-state index in [1.807, 2.05) is 37.3 Å². The molecule has 3 aromatic rings. The van der Waals surface area contributed by atoms with Crippen molar-refractivity contribution in [2.45, 2.75) is 6.92 Å². The van der Waals surface area contributed by atoms with Crippen LogP contribution >= 0.6 is 15.9 Å². The number of methoxy groups -OCH3 is 1. The number of benzene rings is 2. The lowest BCUT2D eigenvalue weighted by Gasteiger charge is -2.36. The zero-order valence-corrected chi connectivity index (χ0v) is 18.2. The SMILES string of the molecule is COCCN1CCN(c2ccc(-c3nc(C)nc4ccc(Br)cc34)cc2F)CC1. The summed E-state index contributed by atoms with van der Waals surface area (Å²) in [5, 5.41) is 0.906. The number of hydrogen-bond donors (Lipinski definition) is 0. The highest BCUT2D eigenvalue weighted by atomic mass is 79.9. The maximum Gasteiger partial charge on any atom is 0.147 e. The minimum Gasteiger partial charge on any atom is -0.383 e. The Balaban J connectivity index is 1.60. The average molecular weight is 459 g/mol. The Morgan fingerprint density at radius 2 is 1.86 bits per heavy atom. The van der Waals surface area contributed by atoms with Gasteiger partial charge in [0, 0.05) is 55.3 Å². The van der Waals surface area contributed by atoms with E-state index >= 15 is 4.39 Å². The second-order valence-electron chi connectivity index (χ2n) is 7.27. The van der Waals surface area contributed by atoms with Crippen LogP contribution in [0.2, 0.25) is 0 Å². The van der Waals surface area contributed by atoms with Gasteiger partial charge in [0.2, 0.25) is 0 Å². The van der Waals surface area contributed by atoms with E-state index in [9.17, 15) is 0 Å². The lowest BCUT2D eigenvalue weighted by atomic mass is 10.0. The molecule has 0 radical (unpaired) electrons. The standard InChI is InChI=1S/C22H24BrFN4O/c1-15-25-20-5-4-17(23)14-18(20)22(26-15)16-3-6-21(19(24)13-16)28-9-7-27(8-10-28)11-12-29-2/h3-6,13-14H,7-12H2,1-2H3.